The van der Waals surface area contributed by atoms with Gasteiger partial charge in [-0.25, -0.2) is 23.4 Å². The van der Waals surface area contributed by atoms with Crippen LogP contribution in [0.2, 0.25) is 0 Å². The smallest absolute Gasteiger partial charge is 0.243 e. The molecule has 2 N–H and O–H groups in total. The molecule has 0 radical (unpaired) electrons. The Morgan fingerprint density at radius 2 is 1.72 bits per heavy atom. The van der Waals surface area contributed by atoms with Crippen molar-refractivity contribution >= 4 is 28.5 Å². The van der Waals surface area contributed by atoms with Crippen molar-refractivity contribution in [1.29, 1.82) is 0 Å². The maximum atomic E-state index is 13.4. The summed E-state index contributed by atoms with van der Waals surface area (Å²) >= 11 is 0. The summed E-state index contributed by atoms with van der Waals surface area (Å²) in [6.07, 6.45) is -0.0457. The second-order valence-electron chi connectivity index (χ2n) is 8.26. The van der Waals surface area contributed by atoms with Crippen LogP contribution in [0.5, 0.6) is 17.4 Å². The maximum absolute atomic E-state index is 13.4. The van der Waals surface area contributed by atoms with E-state index in [9.17, 15) is 13.5 Å². The quantitative estimate of drug-likeness (QED) is 0.267. The lowest BCUT2D eigenvalue weighted by Crippen LogP contribution is -2.36. The first-order valence-electron chi connectivity index (χ1n) is 11.6. The number of aliphatic hydroxyl groups is 1. The lowest BCUT2D eigenvalue weighted by atomic mass is 10.1. The molecule has 2 aromatic heterocycles. The van der Waals surface area contributed by atoms with Gasteiger partial charge in [0.05, 0.1) is 27.4 Å². The molecular formula is C25H31N7O6S. The van der Waals surface area contributed by atoms with E-state index < -0.39 is 21.4 Å². The van der Waals surface area contributed by atoms with E-state index >= 15 is 0 Å². The van der Waals surface area contributed by atoms with Crippen LogP contribution in [0.4, 0.5) is 5.95 Å². The molecule has 0 spiro atoms. The average molecular weight is 558 g/mol. The van der Waals surface area contributed by atoms with Crippen LogP contribution in [-0.2, 0) is 10.0 Å². The molecular weight excluding hydrogens is 526 g/mol. The van der Waals surface area contributed by atoms with Gasteiger partial charge in [0.1, 0.15) is 34.0 Å². The number of para-hydroxylation sites is 1. The van der Waals surface area contributed by atoms with E-state index in [4.69, 9.17) is 14.2 Å². The molecule has 14 heteroatoms. The molecule has 39 heavy (non-hydrogen) atoms. The van der Waals surface area contributed by atoms with Crippen molar-refractivity contribution < 1.29 is 27.7 Å². The van der Waals surface area contributed by atoms with Gasteiger partial charge in [-0.1, -0.05) is 12.1 Å². The molecule has 0 bridgehead atoms. The van der Waals surface area contributed by atoms with Gasteiger partial charge in [-0.05, 0) is 51.3 Å². The van der Waals surface area contributed by atoms with Crippen LogP contribution in [0.15, 0.2) is 58.2 Å². The highest BCUT2D eigenvalue weighted by atomic mass is 32.2. The van der Waals surface area contributed by atoms with E-state index in [0.29, 0.717) is 40.2 Å². The van der Waals surface area contributed by atoms with Crippen molar-refractivity contribution in [3.05, 3.63) is 48.2 Å². The minimum absolute atomic E-state index is 0.178. The van der Waals surface area contributed by atoms with Crippen LogP contribution in [0.3, 0.4) is 0 Å². The maximum Gasteiger partial charge on any atom is 0.243 e. The number of amidine groups is 1. The highest BCUT2D eigenvalue weighted by Crippen LogP contribution is 2.37. The van der Waals surface area contributed by atoms with Gasteiger partial charge in [-0.15, -0.1) is 10.2 Å². The number of benzene rings is 1. The predicted molar refractivity (Wildman–Crippen MR) is 149 cm³/mol. The summed E-state index contributed by atoms with van der Waals surface area (Å²) in [5.74, 6) is 1.40. The summed E-state index contributed by atoms with van der Waals surface area (Å²) in [7, 11) is 0.183. The van der Waals surface area contributed by atoms with Gasteiger partial charge in [-0.3, -0.25) is 9.29 Å². The normalized spacial score (nSPS) is 13.9. The minimum atomic E-state index is -4.23. The number of nitrogens with zero attached hydrogens (tertiary/aromatic N) is 6. The monoisotopic (exact) mass is 557 g/mol. The molecule has 2 heterocycles. The number of sulfonamides is 1. The Labute approximate surface area is 227 Å². The van der Waals surface area contributed by atoms with Crippen LogP contribution in [0, 0.1) is 0 Å². The molecule has 0 saturated heterocycles. The lowest BCUT2D eigenvalue weighted by Gasteiger charge is -2.21. The van der Waals surface area contributed by atoms with Crippen molar-refractivity contribution in [2.75, 3.05) is 26.1 Å². The van der Waals surface area contributed by atoms with Crippen LogP contribution in [-0.4, -0.2) is 78.5 Å². The standard InChI is InChI=1S/C25H31N7O6S/c1-15(14-27-17(3)26-4)23(33)16(2)39(34,35)31-25-30-29-24(18-10-8-13-21(28-18)38-7)32(25)22-19(36-5)11-9-12-20(22)37-6/h8-14,16,23,33H,4H2,1-3,5-7H3,(H,30,31)/b15-14+,27-17-/t16-,23-/m1/s1. The van der Waals surface area contributed by atoms with Crippen molar-refractivity contribution in [1.82, 2.24) is 19.7 Å². The van der Waals surface area contributed by atoms with Crippen LogP contribution >= 0.6 is 0 Å². The lowest BCUT2D eigenvalue weighted by molar-refractivity contribution is 0.208. The number of aromatic nitrogens is 4. The molecule has 0 aliphatic rings. The minimum Gasteiger partial charge on any atom is -0.494 e. The molecule has 208 valence electrons. The summed E-state index contributed by atoms with van der Waals surface area (Å²) in [4.78, 5) is 12.1. The zero-order chi connectivity index (χ0) is 28.7. The number of hydrogen-bond acceptors (Lipinski definition) is 10. The Balaban J connectivity index is 2.15. The molecule has 1 aromatic carbocycles. The molecule has 3 rings (SSSR count). The van der Waals surface area contributed by atoms with Gasteiger partial charge in [0.25, 0.3) is 0 Å². The third kappa shape index (κ3) is 6.41. The fraction of sp³-hybridized carbons (Fsp3) is 0.320. The number of pyridine rings is 1. The number of rotatable bonds is 11. The summed E-state index contributed by atoms with van der Waals surface area (Å²) < 4.78 is 47.1. The van der Waals surface area contributed by atoms with Gasteiger partial charge in [-0.2, -0.15) is 0 Å². The first-order valence-corrected chi connectivity index (χ1v) is 13.2. The molecule has 13 nitrogen and oxygen atoms in total. The van der Waals surface area contributed by atoms with E-state index in [1.54, 1.807) is 50.2 Å². The van der Waals surface area contributed by atoms with Gasteiger partial charge in [0, 0.05) is 12.3 Å². The van der Waals surface area contributed by atoms with Crippen molar-refractivity contribution in [3.63, 3.8) is 0 Å². The van der Waals surface area contributed by atoms with Crippen LogP contribution in [0.25, 0.3) is 17.2 Å². The van der Waals surface area contributed by atoms with Crippen molar-refractivity contribution in [3.8, 4) is 34.6 Å². The van der Waals surface area contributed by atoms with E-state index in [2.05, 4.69) is 36.6 Å². The molecule has 3 aromatic rings. The van der Waals surface area contributed by atoms with Crippen molar-refractivity contribution in [2.45, 2.75) is 32.1 Å². The molecule has 0 aliphatic carbocycles. The zero-order valence-electron chi connectivity index (χ0n) is 22.5. The third-order valence-corrected chi connectivity index (χ3v) is 7.47. The predicted octanol–water partition coefficient (Wildman–Crippen LogP) is 2.87. The zero-order valence-corrected chi connectivity index (χ0v) is 23.3. The Hall–Kier alpha value is -4.30. The Morgan fingerprint density at radius 3 is 2.31 bits per heavy atom. The number of methoxy groups -OCH3 is 3. The van der Waals surface area contributed by atoms with Crippen LogP contribution < -0.4 is 18.9 Å². The number of aliphatic hydroxyl groups excluding tert-OH is 1. The molecule has 2 atom stereocenters. The van der Waals surface area contributed by atoms with E-state index in [-0.39, 0.29) is 11.8 Å². The van der Waals surface area contributed by atoms with Gasteiger partial charge in [0.2, 0.25) is 21.9 Å². The Morgan fingerprint density at radius 1 is 1.08 bits per heavy atom. The molecule has 0 saturated carbocycles. The van der Waals surface area contributed by atoms with Crippen molar-refractivity contribution in [2.24, 2.45) is 9.98 Å². The summed E-state index contributed by atoms with van der Waals surface area (Å²) in [5.41, 5.74) is 0.983. The fourth-order valence-corrected chi connectivity index (χ4v) is 4.63. The van der Waals surface area contributed by atoms with Gasteiger partial charge < -0.3 is 19.3 Å². The highest BCUT2D eigenvalue weighted by molar-refractivity contribution is 7.93. The molecule has 0 fully saturated rings. The number of ether oxygens (including phenoxy) is 3. The van der Waals surface area contributed by atoms with Gasteiger partial charge >= 0.3 is 0 Å². The fourth-order valence-electron chi connectivity index (χ4n) is 3.51. The molecule has 0 unspecified atom stereocenters. The Kier molecular flexibility index (Phi) is 9.37. The number of hydrogen-bond donors (Lipinski definition) is 2. The number of aliphatic imine (C=N–C) groups is 2. The largest absolute Gasteiger partial charge is 0.494 e. The summed E-state index contributed by atoms with van der Waals surface area (Å²) in [5, 5.41) is 17.8. The molecule has 0 aliphatic heterocycles. The highest BCUT2D eigenvalue weighted by Gasteiger charge is 2.32. The third-order valence-electron chi connectivity index (χ3n) is 5.77. The summed E-state index contributed by atoms with van der Waals surface area (Å²) in [6, 6.07) is 10.1. The SMILES string of the molecule is C=N/C(C)=N\C=C(/C)[C@@H](O)[C@@H](C)S(=O)(=O)Nc1nnc(-c2cccc(OC)n2)n1-c1c(OC)cccc1OC. The second-order valence-corrected chi connectivity index (χ2v) is 10.3. The first-order chi connectivity index (χ1) is 18.6. The summed E-state index contributed by atoms with van der Waals surface area (Å²) in [6.45, 7) is 7.92. The number of anilines is 1. The first kappa shape index (κ1) is 29.3. The van der Waals surface area contributed by atoms with E-state index in [1.807, 2.05) is 0 Å². The van der Waals surface area contributed by atoms with E-state index in [1.165, 1.54) is 39.0 Å². The molecule has 0 amide bonds. The topological polar surface area (TPSA) is 162 Å². The second kappa shape index (κ2) is 12.5. The van der Waals surface area contributed by atoms with E-state index in [0.717, 1.165) is 0 Å². The average Bonchev–Trinajstić information content (AvgIpc) is 3.36. The number of nitrogens with one attached hydrogen (secondary N) is 1. The van der Waals surface area contributed by atoms with Crippen LogP contribution in [0.1, 0.15) is 20.8 Å². The Bertz CT molecular complexity index is 1480. The van der Waals surface area contributed by atoms with Gasteiger partial charge in [0.15, 0.2) is 5.82 Å².